The van der Waals surface area contributed by atoms with E-state index in [1.165, 1.54) is 24.3 Å². The number of piperidine rings is 1. The Morgan fingerprint density at radius 2 is 1.68 bits per heavy atom. The summed E-state index contributed by atoms with van der Waals surface area (Å²) in [5.74, 6) is -0.607. The number of benzene rings is 2. The minimum atomic E-state index is -1.03. The Morgan fingerprint density at radius 3 is 2.32 bits per heavy atom. The molecule has 3 fully saturated rings. The fourth-order valence-electron chi connectivity index (χ4n) is 5.41. The van der Waals surface area contributed by atoms with Gasteiger partial charge in [-0.15, -0.1) is 0 Å². The number of methoxy groups -OCH3 is 1. The Morgan fingerprint density at radius 1 is 1.03 bits per heavy atom. The average molecular weight is 526 g/mol. The first-order chi connectivity index (χ1) is 18.4. The zero-order valence-electron chi connectivity index (χ0n) is 21.4. The summed E-state index contributed by atoms with van der Waals surface area (Å²) >= 11 is 0. The molecule has 2 atom stereocenters. The Kier molecular flexibility index (Phi) is 7.62. The van der Waals surface area contributed by atoms with Crippen molar-refractivity contribution >= 4 is 17.7 Å². The molecule has 3 heterocycles. The second-order valence-corrected chi connectivity index (χ2v) is 9.86. The fourth-order valence-corrected chi connectivity index (χ4v) is 5.41. The largest absolute Gasteiger partial charge is 0.497 e. The average Bonchev–Trinajstić information content (AvgIpc) is 3.60. The molecule has 0 aliphatic carbocycles. The maximum Gasteiger partial charge on any atom is 0.256 e. The predicted molar refractivity (Wildman–Crippen MR) is 135 cm³/mol. The predicted octanol–water partition coefficient (Wildman–Crippen LogP) is 2.60. The summed E-state index contributed by atoms with van der Waals surface area (Å²) in [6.07, 6.45) is 2.51. The van der Waals surface area contributed by atoms with Gasteiger partial charge in [-0.1, -0.05) is 0 Å². The van der Waals surface area contributed by atoms with Gasteiger partial charge in [0.2, 0.25) is 5.91 Å². The SMILES string of the molecule is COc1ccc(C(=O)N2[C@H](C(=O)NC[C@H]3CCCO3)COC23CCN(C(=O)c2ccc(F)cc2)CC3)cc1. The van der Waals surface area contributed by atoms with E-state index in [0.29, 0.717) is 56.0 Å². The molecule has 10 heteroatoms. The van der Waals surface area contributed by atoms with E-state index in [1.807, 2.05) is 0 Å². The number of nitrogens with one attached hydrogen (secondary N) is 1. The second kappa shape index (κ2) is 11.1. The van der Waals surface area contributed by atoms with Crippen LogP contribution in [0.1, 0.15) is 46.4 Å². The molecular weight excluding hydrogens is 493 g/mol. The van der Waals surface area contributed by atoms with Crippen molar-refractivity contribution in [2.24, 2.45) is 0 Å². The van der Waals surface area contributed by atoms with Crippen LogP contribution < -0.4 is 10.1 Å². The van der Waals surface area contributed by atoms with Crippen molar-refractivity contribution in [2.75, 3.05) is 40.0 Å². The topological polar surface area (TPSA) is 97.4 Å². The van der Waals surface area contributed by atoms with E-state index in [-0.39, 0.29) is 30.4 Å². The lowest BCUT2D eigenvalue weighted by molar-refractivity contribution is -0.128. The van der Waals surface area contributed by atoms with Gasteiger partial charge in [-0.2, -0.15) is 0 Å². The van der Waals surface area contributed by atoms with Gasteiger partial charge in [0.1, 0.15) is 23.3 Å². The van der Waals surface area contributed by atoms with E-state index in [0.717, 1.165) is 12.8 Å². The van der Waals surface area contributed by atoms with Crippen LogP contribution in [0.25, 0.3) is 0 Å². The highest BCUT2D eigenvalue weighted by molar-refractivity contribution is 5.99. The molecule has 0 aromatic heterocycles. The van der Waals surface area contributed by atoms with Gasteiger partial charge < -0.3 is 24.4 Å². The number of hydrogen-bond acceptors (Lipinski definition) is 6. The van der Waals surface area contributed by atoms with Crippen molar-refractivity contribution in [2.45, 2.75) is 43.6 Å². The van der Waals surface area contributed by atoms with Crippen molar-refractivity contribution < 1.29 is 33.0 Å². The quantitative estimate of drug-likeness (QED) is 0.623. The standard InChI is InChI=1S/C28H32FN3O6/c1-36-22-10-6-20(7-11-22)27(35)32-24(25(33)30-17-23-3-2-16-37-23)18-38-28(32)12-14-31(15-13-28)26(34)19-4-8-21(29)9-5-19/h4-11,23-24H,2-3,12-18H2,1H3,(H,30,33)/t23-,24+/m1/s1. The van der Waals surface area contributed by atoms with E-state index in [4.69, 9.17) is 14.2 Å². The summed E-state index contributed by atoms with van der Waals surface area (Å²) in [6, 6.07) is 11.4. The Bertz CT molecular complexity index is 1160. The van der Waals surface area contributed by atoms with Crippen LogP contribution in [-0.4, -0.2) is 85.3 Å². The summed E-state index contributed by atoms with van der Waals surface area (Å²) in [6.45, 7) is 1.78. The van der Waals surface area contributed by atoms with E-state index >= 15 is 0 Å². The molecule has 0 unspecified atom stereocenters. The Hall–Kier alpha value is -3.50. The van der Waals surface area contributed by atoms with Gasteiger partial charge in [0.15, 0.2) is 0 Å². The normalized spacial score (nSPS) is 22.5. The monoisotopic (exact) mass is 525 g/mol. The molecule has 5 rings (SSSR count). The van der Waals surface area contributed by atoms with Gasteiger partial charge in [-0.05, 0) is 61.4 Å². The first-order valence-electron chi connectivity index (χ1n) is 13.0. The minimum absolute atomic E-state index is 0.0262. The highest BCUT2D eigenvalue weighted by Gasteiger charge is 2.54. The molecule has 2 aromatic rings. The molecule has 0 radical (unpaired) electrons. The van der Waals surface area contributed by atoms with Crippen LogP contribution in [-0.2, 0) is 14.3 Å². The number of ether oxygens (including phenoxy) is 3. The zero-order valence-corrected chi connectivity index (χ0v) is 21.4. The third-order valence-corrected chi connectivity index (χ3v) is 7.57. The van der Waals surface area contributed by atoms with E-state index in [9.17, 15) is 18.8 Å². The third kappa shape index (κ3) is 5.23. The van der Waals surface area contributed by atoms with Crippen molar-refractivity contribution in [3.63, 3.8) is 0 Å². The number of carbonyl (C=O) groups excluding carboxylic acids is 3. The maximum atomic E-state index is 13.8. The molecule has 0 saturated carbocycles. The molecule has 1 N–H and O–H groups in total. The van der Waals surface area contributed by atoms with E-state index in [2.05, 4.69) is 5.32 Å². The summed E-state index contributed by atoms with van der Waals surface area (Å²) < 4.78 is 30.4. The molecule has 3 amide bonds. The molecule has 1 spiro atoms. The first-order valence-corrected chi connectivity index (χ1v) is 13.0. The maximum absolute atomic E-state index is 13.8. The lowest BCUT2D eigenvalue weighted by Crippen LogP contribution is -2.60. The Labute approximate surface area is 220 Å². The van der Waals surface area contributed by atoms with Crippen LogP contribution in [0.4, 0.5) is 4.39 Å². The van der Waals surface area contributed by atoms with Gasteiger partial charge in [-0.3, -0.25) is 19.3 Å². The first kappa shape index (κ1) is 26.1. The highest BCUT2D eigenvalue weighted by Crippen LogP contribution is 2.39. The van der Waals surface area contributed by atoms with Crippen LogP contribution in [0, 0.1) is 5.82 Å². The van der Waals surface area contributed by atoms with Gasteiger partial charge in [0, 0.05) is 50.2 Å². The molecule has 3 saturated heterocycles. The molecule has 3 aliphatic rings. The van der Waals surface area contributed by atoms with Gasteiger partial charge in [0.05, 0.1) is 19.8 Å². The molecular formula is C28H32FN3O6. The van der Waals surface area contributed by atoms with Crippen LogP contribution in [0.15, 0.2) is 48.5 Å². The van der Waals surface area contributed by atoms with E-state index in [1.54, 1.807) is 41.2 Å². The van der Waals surface area contributed by atoms with Gasteiger partial charge >= 0.3 is 0 Å². The minimum Gasteiger partial charge on any atom is -0.497 e. The third-order valence-electron chi connectivity index (χ3n) is 7.57. The van der Waals surface area contributed by atoms with E-state index < -0.39 is 17.6 Å². The molecule has 3 aliphatic heterocycles. The van der Waals surface area contributed by atoms with Crippen LogP contribution in [0.5, 0.6) is 5.75 Å². The van der Waals surface area contributed by atoms with Crippen LogP contribution in [0.3, 0.4) is 0 Å². The summed E-state index contributed by atoms with van der Waals surface area (Å²) in [5, 5.41) is 2.94. The summed E-state index contributed by atoms with van der Waals surface area (Å²) in [4.78, 5) is 43.4. The number of likely N-dealkylation sites (tertiary alicyclic amines) is 1. The van der Waals surface area contributed by atoms with Crippen molar-refractivity contribution in [1.29, 1.82) is 0 Å². The molecule has 0 bridgehead atoms. The number of nitrogens with zero attached hydrogens (tertiary/aromatic N) is 2. The molecule has 9 nitrogen and oxygen atoms in total. The van der Waals surface area contributed by atoms with Gasteiger partial charge in [0.25, 0.3) is 11.8 Å². The number of hydrogen-bond donors (Lipinski definition) is 1. The summed E-state index contributed by atoms with van der Waals surface area (Å²) in [7, 11) is 1.55. The fraction of sp³-hybridized carbons (Fsp3) is 0.464. The summed E-state index contributed by atoms with van der Waals surface area (Å²) in [5.41, 5.74) is -0.215. The lowest BCUT2D eigenvalue weighted by atomic mass is 9.96. The Balaban J connectivity index is 1.34. The molecule has 38 heavy (non-hydrogen) atoms. The second-order valence-electron chi connectivity index (χ2n) is 9.86. The van der Waals surface area contributed by atoms with Crippen molar-refractivity contribution in [1.82, 2.24) is 15.1 Å². The number of rotatable bonds is 6. The van der Waals surface area contributed by atoms with Crippen LogP contribution >= 0.6 is 0 Å². The number of carbonyl (C=O) groups is 3. The van der Waals surface area contributed by atoms with Crippen molar-refractivity contribution in [3.8, 4) is 5.75 Å². The van der Waals surface area contributed by atoms with Crippen LogP contribution in [0.2, 0.25) is 0 Å². The number of amides is 3. The molecule has 202 valence electrons. The van der Waals surface area contributed by atoms with Crippen molar-refractivity contribution in [3.05, 3.63) is 65.5 Å². The zero-order chi connectivity index (χ0) is 26.7. The number of halogens is 1. The highest BCUT2D eigenvalue weighted by atomic mass is 19.1. The lowest BCUT2D eigenvalue weighted by Gasteiger charge is -2.44. The smallest absolute Gasteiger partial charge is 0.256 e. The molecule has 2 aromatic carbocycles. The van der Waals surface area contributed by atoms with Gasteiger partial charge in [-0.25, -0.2) is 4.39 Å².